The molecule has 0 aliphatic heterocycles. The predicted octanol–water partition coefficient (Wildman–Crippen LogP) is 1.51. The van der Waals surface area contributed by atoms with Gasteiger partial charge >= 0.3 is 5.97 Å². The van der Waals surface area contributed by atoms with Crippen LogP contribution in [-0.4, -0.2) is 12.1 Å². The van der Waals surface area contributed by atoms with Crippen LogP contribution < -0.4 is 6.15 Å². The molecule has 0 fully saturated rings. The highest BCUT2D eigenvalue weighted by Gasteiger charge is 1.98. The van der Waals surface area contributed by atoms with Crippen molar-refractivity contribution < 1.29 is 9.53 Å². The second-order valence-electron chi connectivity index (χ2n) is 1.89. The Morgan fingerprint density at radius 1 is 1.56 bits per heavy atom. The first-order valence-electron chi connectivity index (χ1n) is 2.86. The molecule has 0 aromatic rings. The predicted molar refractivity (Wildman–Crippen MR) is 36.5 cm³/mol. The monoisotopic (exact) mass is 133 g/mol. The second kappa shape index (κ2) is 5.56. The van der Waals surface area contributed by atoms with Crippen molar-refractivity contribution in [3.8, 4) is 0 Å². The zero-order valence-corrected chi connectivity index (χ0v) is 6.31. The lowest BCUT2D eigenvalue weighted by atomic mass is 10.4. The van der Waals surface area contributed by atoms with Gasteiger partial charge in [0.2, 0.25) is 0 Å². The van der Waals surface area contributed by atoms with Gasteiger partial charge in [-0.25, -0.2) is 0 Å². The van der Waals surface area contributed by atoms with Gasteiger partial charge in [0.15, 0.2) is 0 Å². The third kappa shape index (κ3) is 7.43. The number of carbonyl (C=O) groups is 1. The highest BCUT2D eigenvalue weighted by atomic mass is 16.5. The fourth-order valence-corrected chi connectivity index (χ4v) is 0.346. The molecule has 0 bridgehead atoms. The Bertz CT molecular complexity index is 81.1. The minimum absolute atomic E-state index is 0. The van der Waals surface area contributed by atoms with Crippen molar-refractivity contribution >= 4 is 5.97 Å². The number of carbonyl (C=O) groups excluding carboxylic acids is 1. The van der Waals surface area contributed by atoms with E-state index in [1.165, 1.54) is 0 Å². The van der Waals surface area contributed by atoms with Crippen molar-refractivity contribution in [3.05, 3.63) is 0 Å². The van der Waals surface area contributed by atoms with Crippen molar-refractivity contribution in [3.63, 3.8) is 0 Å². The van der Waals surface area contributed by atoms with E-state index in [1.807, 2.05) is 13.8 Å². The first kappa shape index (κ1) is 11.3. The van der Waals surface area contributed by atoms with Crippen LogP contribution in [0.25, 0.3) is 0 Å². The Hall–Kier alpha value is -0.570. The highest BCUT2D eigenvalue weighted by Crippen LogP contribution is 1.90. The molecule has 0 radical (unpaired) electrons. The molecule has 3 N–H and O–H groups in total. The average Bonchev–Trinajstić information content (AvgIpc) is 1.65. The van der Waals surface area contributed by atoms with Gasteiger partial charge in [0.05, 0.1) is 6.10 Å². The summed E-state index contributed by atoms with van der Waals surface area (Å²) in [7, 11) is 0. The molecule has 3 nitrogen and oxygen atoms in total. The van der Waals surface area contributed by atoms with Gasteiger partial charge in [-0.1, -0.05) is 6.92 Å². The van der Waals surface area contributed by atoms with E-state index in [1.54, 1.807) is 6.92 Å². The molecular formula is C6H15NO2. The fourth-order valence-electron chi connectivity index (χ4n) is 0.346. The van der Waals surface area contributed by atoms with Crippen molar-refractivity contribution in [2.45, 2.75) is 33.3 Å². The van der Waals surface area contributed by atoms with Gasteiger partial charge in [-0.3, -0.25) is 4.79 Å². The molecule has 0 saturated heterocycles. The van der Waals surface area contributed by atoms with Crippen LogP contribution in [0.3, 0.4) is 0 Å². The van der Waals surface area contributed by atoms with Gasteiger partial charge in [-0.15, -0.1) is 0 Å². The zero-order valence-electron chi connectivity index (χ0n) is 6.31. The molecule has 0 atom stereocenters. The molecule has 0 unspecified atom stereocenters. The number of esters is 1. The molecule has 9 heavy (non-hydrogen) atoms. The highest BCUT2D eigenvalue weighted by molar-refractivity contribution is 5.68. The second-order valence-corrected chi connectivity index (χ2v) is 1.89. The maximum absolute atomic E-state index is 10.4. The molecule has 0 aliphatic carbocycles. The molecular weight excluding hydrogens is 118 g/mol. The summed E-state index contributed by atoms with van der Waals surface area (Å²) in [6.07, 6.45) is 0.500. The fraction of sp³-hybridized carbons (Fsp3) is 0.833. The Labute approximate surface area is 56.0 Å². The van der Waals surface area contributed by atoms with Crippen LogP contribution in [0.5, 0.6) is 0 Å². The quantitative estimate of drug-likeness (QED) is 0.581. The molecule has 0 amide bonds. The number of ether oxygens (including phenoxy) is 1. The van der Waals surface area contributed by atoms with E-state index in [0.717, 1.165) is 0 Å². The van der Waals surface area contributed by atoms with Crippen LogP contribution in [0.4, 0.5) is 0 Å². The van der Waals surface area contributed by atoms with Crippen LogP contribution in [0.2, 0.25) is 0 Å². The number of hydrogen-bond acceptors (Lipinski definition) is 3. The largest absolute Gasteiger partial charge is 0.463 e. The van der Waals surface area contributed by atoms with E-state index < -0.39 is 0 Å². The van der Waals surface area contributed by atoms with E-state index in [0.29, 0.717) is 6.42 Å². The third-order valence-corrected chi connectivity index (χ3v) is 0.656. The normalized spacial score (nSPS) is 8.44. The van der Waals surface area contributed by atoms with E-state index in [2.05, 4.69) is 0 Å². The molecule has 0 heterocycles. The summed E-state index contributed by atoms with van der Waals surface area (Å²) in [4.78, 5) is 10.4. The summed E-state index contributed by atoms with van der Waals surface area (Å²) in [6.45, 7) is 5.46. The van der Waals surface area contributed by atoms with E-state index >= 15 is 0 Å². The van der Waals surface area contributed by atoms with Gasteiger partial charge in [0, 0.05) is 6.42 Å². The van der Waals surface area contributed by atoms with Gasteiger partial charge in [0.1, 0.15) is 0 Å². The van der Waals surface area contributed by atoms with Crippen molar-refractivity contribution in [1.82, 2.24) is 6.15 Å². The number of rotatable bonds is 2. The smallest absolute Gasteiger partial charge is 0.305 e. The summed E-state index contributed by atoms with van der Waals surface area (Å²) in [5, 5.41) is 0. The Balaban J connectivity index is 0. The molecule has 0 spiro atoms. The molecule has 0 aromatic heterocycles. The molecule has 56 valence electrons. The standard InChI is InChI=1S/C6H12O2.H3N/c1-4-6(7)8-5(2)3;/h5H,4H2,1-3H3;1H3. The van der Waals surface area contributed by atoms with Crippen LogP contribution in [0.15, 0.2) is 0 Å². The van der Waals surface area contributed by atoms with E-state index in [4.69, 9.17) is 4.74 Å². The first-order chi connectivity index (χ1) is 3.66. The van der Waals surface area contributed by atoms with Crippen molar-refractivity contribution in [1.29, 1.82) is 0 Å². The van der Waals surface area contributed by atoms with Crippen LogP contribution >= 0.6 is 0 Å². The van der Waals surface area contributed by atoms with Crippen LogP contribution in [0, 0.1) is 0 Å². The van der Waals surface area contributed by atoms with Crippen LogP contribution in [0.1, 0.15) is 27.2 Å². The summed E-state index contributed by atoms with van der Waals surface area (Å²) in [5.41, 5.74) is 0. The lowest BCUT2D eigenvalue weighted by molar-refractivity contribution is -0.146. The minimum Gasteiger partial charge on any atom is -0.463 e. The summed E-state index contributed by atoms with van der Waals surface area (Å²) >= 11 is 0. The van der Waals surface area contributed by atoms with Crippen molar-refractivity contribution in [2.24, 2.45) is 0 Å². The summed E-state index contributed by atoms with van der Waals surface area (Å²) in [5.74, 6) is -0.125. The van der Waals surface area contributed by atoms with Crippen LogP contribution in [-0.2, 0) is 9.53 Å². The topological polar surface area (TPSA) is 61.3 Å². The van der Waals surface area contributed by atoms with E-state index in [-0.39, 0.29) is 18.2 Å². The molecule has 0 aromatic carbocycles. The first-order valence-corrected chi connectivity index (χ1v) is 2.86. The molecule has 0 rings (SSSR count). The van der Waals surface area contributed by atoms with Crippen molar-refractivity contribution in [2.75, 3.05) is 0 Å². The van der Waals surface area contributed by atoms with Gasteiger partial charge in [-0.05, 0) is 13.8 Å². The average molecular weight is 133 g/mol. The lowest BCUT2D eigenvalue weighted by Gasteiger charge is -2.04. The molecule has 3 heteroatoms. The Morgan fingerprint density at radius 3 is 2.11 bits per heavy atom. The number of hydrogen-bond donors (Lipinski definition) is 1. The Kier molecular flexibility index (Phi) is 6.96. The lowest BCUT2D eigenvalue weighted by Crippen LogP contribution is -2.09. The van der Waals surface area contributed by atoms with E-state index in [9.17, 15) is 4.79 Å². The van der Waals surface area contributed by atoms with Gasteiger partial charge < -0.3 is 10.9 Å². The maximum atomic E-state index is 10.4. The van der Waals surface area contributed by atoms with Gasteiger partial charge in [0.25, 0.3) is 0 Å². The SMILES string of the molecule is CCC(=O)OC(C)C.N. The summed E-state index contributed by atoms with van der Waals surface area (Å²) in [6, 6.07) is 0. The Morgan fingerprint density at radius 2 is 2.00 bits per heavy atom. The third-order valence-electron chi connectivity index (χ3n) is 0.656. The summed E-state index contributed by atoms with van der Waals surface area (Å²) < 4.78 is 4.76. The minimum atomic E-state index is -0.125. The maximum Gasteiger partial charge on any atom is 0.305 e. The molecule has 0 aliphatic rings. The zero-order chi connectivity index (χ0) is 6.57. The molecule has 0 saturated carbocycles. The van der Waals surface area contributed by atoms with Gasteiger partial charge in [-0.2, -0.15) is 0 Å².